The molecule has 0 amide bonds. The first kappa shape index (κ1) is 36.3. The lowest BCUT2D eigenvalue weighted by molar-refractivity contribution is 0.889. The maximum Gasteiger partial charge on any atom is 0.0505 e. The lowest BCUT2D eigenvalue weighted by Gasteiger charge is -2.38. The van der Waals surface area contributed by atoms with Crippen LogP contribution in [0, 0.1) is 6.92 Å². The van der Waals surface area contributed by atoms with E-state index in [-0.39, 0.29) is 5.92 Å². The molecule has 0 bridgehead atoms. The molecule has 1 aliphatic rings. The van der Waals surface area contributed by atoms with Crippen LogP contribution in [0.3, 0.4) is 0 Å². The number of para-hydroxylation sites is 4. The molecule has 0 radical (unpaired) electrons. The second kappa shape index (κ2) is 16.8. The lowest BCUT2D eigenvalue weighted by Crippen LogP contribution is -2.26. The zero-order valence-electron chi connectivity index (χ0n) is 32.5. The second-order valence-corrected chi connectivity index (χ2v) is 14.3. The maximum absolute atomic E-state index is 2.49. The Bertz CT molecular complexity index is 2490. The Labute approximate surface area is 333 Å². The van der Waals surface area contributed by atoms with Crippen LogP contribution in [0.1, 0.15) is 53.1 Å². The van der Waals surface area contributed by atoms with Crippen molar-refractivity contribution in [3.63, 3.8) is 0 Å². The Balaban J connectivity index is 1.34. The zero-order chi connectivity index (χ0) is 38.3. The van der Waals surface area contributed by atoms with Crippen molar-refractivity contribution in [3.8, 4) is 0 Å². The number of hydrogen-bond donors (Lipinski definition) is 0. The number of aryl methyl sites for hydroxylation is 3. The van der Waals surface area contributed by atoms with Gasteiger partial charge in [-0.3, -0.25) is 0 Å². The summed E-state index contributed by atoms with van der Waals surface area (Å²) in [5.74, 6) is -0.0570. The monoisotopic (exact) mass is 724 g/mol. The van der Waals surface area contributed by atoms with Crippen molar-refractivity contribution in [2.75, 3.05) is 9.80 Å². The van der Waals surface area contributed by atoms with Gasteiger partial charge in [0.1, 0.15) is 0 Å². The van der Waals surface area contributed by atoms with E-state index in [2.05, 4.69) is 237 Å². The second-order valence-electron chi connectivity index (χ2n) is 14.3. The molecule has 0 aromatic heterocycles. The van der Waals surface area contributed by atoms with Crippen molar-refractivity contribution >= 4 is 40.1 Å². The van der Waals surface area contributed by atoms with E-state index in [4.69, 9.17) is 0 Å². The van der Waals surface area contributed by atoms with Gasteiger partial charge in [-0.05, 0) is 119 Å². The van der Waals surface area contributed by atoms with Crippen LogP contribution in [-0.2, 0) is 12.8 Å². The average Bonchev–Trinajstić information content (AvgIpc) is 3.26. The first-order valence-corrected chi connectivity index (χ1v) is 19.9. The summed E-state index contributed by atoms with van der Waals surface area (Å²) >= 11 is 0. The van der Waals surface area contributed by atoms with Gasteiger partial charge in [0.25, 0.3) is 0 Å². The molecule has 8 rings (SSSR count). The van der Waals surface area contributed by atoms with Gasteiger partial charge in [0.05, 0.1) is 5.92 Å². The molecule has 1 unspecified atom stereocenters. The minimum Gasteiger partial charge on any atom is -0.313 e. The van der Waals surface area contributed by atoms with Gasteiger partial charge >= 0.3 is 0 Å². The fraction of sp³-hybridized carbons (Fsp3) is 0.111. The summed E-state index contributed by atoms with van der Waals surface area (Å²) in [5.41, 5.74) is 17.1. The number of hydrogen-bond acceptors (Lipinski definition) is 2. The van der Waals surface area contributed by atoms with E-state index in [0.29, 0.717) is 0 Å². The molecule has 0 spiro atoms. The molecule has 0 saturated heterocycles. The third kappa shape index (κ3) is 7.39. The Kier molecular flexibility index (Phi) is 10.9. The minimum atomic E-state index is -0.0570. The minimum absolute atomic E-state index is 0.0570. The first-order valence-electron chi connectivity index (χ1n) is 19.9. The molecule has 0 heterocycles. The van der Waals surface area contributed by atoms with E-state index in [1.54, 1.807) is 0 Å². The fourth-order valence-electron chi connectivity index (χ4n) is 8.12. The molecule has 7 aromatic rings. The topological polar surface area (TPSA) is 6.48 Å². The predicted octanol–water partition coefficient (Wildman–Crippen LogP) is 14.6. The van der Waals surface area contributed by atoms with Crippen molar-refractivity contribution in [1.29, 1.82) is 0 Å². The number of allylic oxidation sites excluding steroid dienone is 4. The van der Waals surface area contributed by atoms with Crippen LogP contribution in [0.4, 0.5) is 28.4 Å². The van der Waals surface area contributed by atoms with Gasteiger partial charge in [0.15, 0.2) is 0 Å². The van der Waals surface area contributed by atoms with Gasteiger partial charge in [-0.1, -0.05) is 166 Å². The quantitative estimate of drug-likeness (QED) is 0.131. The van der Waals surface area contributed by atoms with Gasteiger partial charge in [-0.2, -0.15) is 0 Å². The Morgan fingerprint density at radius 3 is 1.54 bits per heavy atom. The van der Waals surface area contributed by atoms with Crippen molar-refractivity contribution in [1.82, 2.24) is 0 Å². The number of anilines is 5. The predicted molar refractivity (Wildman–Crippen MR) is 239 cm³/mol. The van der Waals surface area contributed by atoms with Crippen LogP contribution >= 0.6 is 0 Å². The summed E-state index contributed by atoms with van der Waals surface area (Å²) < 4.78 is 0. The van der Waals surface area contributed by atoms with E-state index in [1.807, 2.05) is 0 Å². The van der Waals surface area contributed by atoms with Crippen LogP contribution in [0.5, 0.6) is 0 Å². The highest BCUT2D eigenvalue weighted by Crippen LogP contribution is 2.49. The van der Waals surface area contributed by atoms with Crippen LogP contribution in [0.25, 0.3) is 11.6 Å². The van der Waals surface area contributed by atoms with E-state index >= 15 is 0 Å². The third-order valence-corrected chi connectivity index (χ3v) is 10.9. The summed E-state index contributed by atoms with van der Waals surface area (Å²) in [7, 11) is 0. The molecule has 2 nitrogen and oxygen atoms in total. The van der Waals surface area contributed by atoms with Crippen molar-refractivity contribution in [2.24, 2.45) is 0 Å². The Morgan fingerprint density at radius 2 is 0.946 bits per heavy atom. The smallest absolute Gasteiger partial charge is 0.0505 e. The molecule has 0 fully saturated rings. The van der Waals surface area contributed by atoms with Gasteiger partial charge in [0, 0.05) is 34.1 Å². The Hall–Kier alpha value is -6.64. The summed E-state index contributed by atoms with van der Waals surface area (Å²) in [6.45, 7) is 6.73. The summed E-state index contributed by atoms with van der Waals surface area (Å²) in [5, 5.41) is 0. The van der Waals surface area contributed by atoms with E-state index in [1.165, 1.54) is 61.6 Å². The van der Waals surface area contributed by atoms with Crippen LogP contribution in [0.2, 0.25) is 0 Å². The molecule has 2 heteroatoms. The average molecular weight is 725 g/mol. The fourth-order valence-corrected chi connectivity index (χ4v) is 8.12. The number of nitrogens with zero attached hydrogens (tertiary/aromatic N) is 2. The number of rotatable bonds is 11. The standard InChI is InChI=1S/C54H48N2/c1-4-42-24-16-19-31-51(42)55(45-26-11-7-12-27-45)47-35-33-44(34-36-47)49-37-38-53(56(46-28-13-8-14-29-46)52-32-20-17-25-43(52)5-2)54(48-30-18-15-21-40(48)3)50(49)39-41-22-9-6-10-23-41/h6-39,54H,4-5H2,1-3H3. The highest BCUT2D eigenvalue weighted by atomic mass is 15.2. The molecule has 7 aromatic carbocycles. The maximum atomic E-state index is 2.49. The van der Waals surface area contributed by atoms with Gasteiger partial charge in [-0.15, -0.1) is 0 Å². The largest absolute Gasteiger partial charge is 0.313 e. The molecule has 1 aliphatic carbocycles. The summed E-state index contributed by atoms with van der Waals surface area (Å²) in [6, 6.07) is 68.0. The Morgan fingerprint density at radius 1 is 0.464 bits per heavy atom. The molecular formula is C54H48N2. The van der Waals surface area contributed by atoms with Crippen LogP contribution < -0.4 is 9.80 Å². The van der Waals surface area contributed by atoms with E-state index in [9.17, 15) is 0 Å². The first-order chi connectivity index (χ1) is 27.6. The molecular weight excluding hydrogens is 677 g/mol. The van der Waals surface area contributed by atoms with E-state index in [0.717, 1.165) is 29.9 Å². The van der Waals surface area contributed by atoms with Crippen LogP contribution in [-0.4, -0.2) is 0 Å². The van der Waals surface area contributed by atoms with Crippen LogP contribution in [0.15, 0.2) is 211 Å². The zero-order valence-corrected chi connectivity index (χ0v) is 32.5. The number of benzene rings is 7. The summed E-state index contributed by atoms with van der Waals surface area (Å²) in [4.78, 5) is 4.88. The normalized spacial score (nSPS) is 14.6. The summed E-state index contributed by atoms with van der Waals surface area (Å²) in [6.07, 6.45) is 9.02. The highest BCUT2D eigenvalue weighted by molar-refractivity contribution is 5.92. The molecule has 0 saturated carbocycles. The molecule has 274 valence electrons. The molecule has 0 N–H and O–H groups in total. The highest BCUT2D eigenvalue weighted by Gasteiger charge is 2.33. The van der Waals surface area contributed by atoms with Crippen molar-refractivity contribution < 1.29 is 0 Å². The van der Waals surface area contributed by atoms with E-state index < -0.39 is 0 Å². The molecule has 56 heavy (non-hydrogen) atoms. The van der Waals surface area contributed by atoms with Gasteiger partial charge < -0.3 is 9.80 Å². The molecule has 1 atom stereocenters. The van der Waals surface area contributed by atoms with Crippen molar-refractivity contribution in [2.45, 2.75) is 39.5 Å². The van der Waals surface area contributed by atoms with Gasteiger partial charge in [0.2, 0.25) is 0 Å². The van der Waals surface area contributed by atoms with Gasteiger partial charge in [-0.25, -0.2) is 0 Å². The third-order valence-electron chi connectivity index (χ3n) is 10.9. The van der Waals surface area contributed by atoms with Crippen molar-refractivity contribution in [3.05, 3.63) is 245 Å². The SMILES string of the molecule is CCc1ccccc1N(C1=CC=C(c2ccc(N(c3ccccc3)c3ccccc3CC)cc2)C(=Cc2ccccc2)C1c1ccccc1C)c1ccccc1. The molecule has 0 aliphatic heterocycles. The lowest BCUT2D eigenvalue weighted by atomic mass is 9.76.